The second kappa shape index (κ2) is 7.91. The molecular weight excluding hydrogens is 392 g/mol. The van der Waals surface area contributed by atoms with Crippen molar-refractivity contribution in [2.24, 2.45) is 5.92 Å². The van der Waals surface area contributed by atoms with Crippen molar-refractivity contribution in [3.05, 3.63) is 49.9 Å². The Morgan fingerprint density at radius 1 is 1.44 bits per heavy atom. The van der Waals surface area contributed by atoms with Gasteiger partial charge in [0.1, 0.15) is 12.0 Å². The van der Waals surface area contributed by atoms with Crippen LogP contribution in [0.3, 0.4) is 0 Å². The standard InChI is InChI=1S/C17H18N2O6S2/c1-3-26-17-13(18-14(21)12(9(2)20)15(18)27-17)16(22)25-8-10-4-6-11(7-5-10)19(23)24/h4-7,9,12,15,20H,3,8H2,1-2H3/t9-,12+,15?/m1/s1. The Labute approximate surface area is 164 Å². The lowest BCUT2D eigenvalue weighted by molar-refractivity contribution is -0.384. The summed E-state index contributed by atoms with van der Waals surface area (Å²) >= 11 is 2.86. The molecule has 2 heterocycles. The number of nitro groups is 1. The number of fused-ring (bicyclic) bond motifs is 1. The van der Waals surface area contributed by atoms with Crippen LogP contribution in [0.25, 0.3) is 0 Å². The molecule has 8 nitrogen and oxygen atoms in total. The number of nitro benzene ring substituents is 1. The molecule has 1 aromatic rings. The van der Waals surface area contributed by atoms with Crippen molar-refractivity contribution in [1.29, 1.82) is 0 Å². The van der Waals surface area contributed by atoms with Gasteiger partial charge in [0.15, 0.2) is 5.70 Å². The van der Waals surface area contributed by atoms with Crippen molar-refractivity contribution < 1.29 is 24.4 Å². The number of hydrogen-bond acceptors (Lipinski definition) is 8. The molecule has 1 unspecified atom stereocenters. The second-order valence-corrected chi connectivity index (χ2v) is 8.71. The number of carbonyl (C=O) groups is 2. The molecule has 0 radical (unpaired) electrons. The molecule has 1 fully saturated rings. The number of hydrogen-bond donors (Lipinski definition) is 1. The van der Waals surface area contributed by atoms with Crippen LogP contribution >= 0.6 is 23.5 Å². The van der Waals surface area contributed by atoms with E-state index in [2.05, 4.69) is 0 Å². The Kier molecular flexibility index (Phi) is 5.78. The van der Waals surface area contributed by atoms with Crippen molar-refractivity contribution >= 4 is 41.1 Å². The lowest BCUT2D eigenvalue weighted by atomic mass is 9.92. The summed E-state index contributed by atoms with van der Waals surface area (Å²) in [4.78, 5) is 36.6. The molecule has 3 rings (SSSR count). The molecule has 144 valence electrons. The maximum absolute atomic E-state index is 12.6. The average Bonchev–Trinajstić information content (AvgIpc) is 2.94. The summed E-state index contributed by atoms with van der Waals surface area (Å²) in [6.45, 7) is 3.46. The van der Waals surface area contributed by atoms with Crippen LogP contribution in [0.15, 0.2) is 34.2 Å². The van der Waals surface area contributed by atoms with E-state index in [1.54, 1.807) is 6.92 Å². The summed E-state index contributed by atoms with van der Waals surface area (Å²) in [7, 11) is 0. The number of non-ortho nitro benzene ring substituents is 1. The molecule has 10 heteroatoms. The first-order chi connectivity index (χ1) is 12.8. The highest BCUT2D eigenvalue weighted by Crippen LogP contribution is 2.53. The topological polar surface area (TPSA) is 110 Å². The van der Waals surface area contributed by atoms with E-state index in [0.29, 0.717) is 9.80 Å². The van der Waals surface area contributed by atoms with E-state index >= 15 is 0 Å². The number of benzene rings is 1. The monoisotopic (exact) mass is 410 g/mol. The molecule has 0 aromatic heterocycles. The van der Waals surface area contributed by atoms with E-state index in [1.807, 2.05) is 6.92 Å². The van der Waals surface area contributed by atoms with Gasteiger partial charge < -0.3 is 9.84 Å². The van der Waals surface area contributed by atoms with Gasteiger partial charge in [-0.3, -0.25) is 19.8 Å². The first kappa shape index (κ1) is 19.7. The lowest BCUT2D eigenvalue weighted by Gasteiger charge is -2.43. The number of esters is 1. The Balaban J connectivity index is 1.71. The third kappa shape index (κ3) is 3.69. The minimum Gasteiger partial charge on any atom is -0.456 e. The van der Waals surface area contributed by atoms with Crippen molar-refractivity contribution in [2.45, 2.75) is 31.9 Å². The maximum Gasteiger partial charge on any atom is 0.357 e. The van der Waals surface area contributed by atoms with Crippen molar-refractivity contribution in [1.82, 2.24) is 4.90 Å². The number of nitrogens with zero attached hydrogens (tertiary/aromatic N) is 2. The van der Waals surface area contributed by atoms with Gasteiger partial charge in [-0.2, -0.15) is 0 Å². The maximum atomic E-state index is 12.6. The van der Waals surface area contributed by atoms with E-state index in [-0.39, 0.29) is 29.3 Å². The first-order valence-corrected chi connectivity index (χ1v) is 10.2. The largest absolute Gasteiger partial charge is 0.456 e. The van der Waals surface area contributed by atoms with Crippen LogP contribution in [0.5, 0.6) is 0 Å². The van der Waals surface area contributed by atoms with Crippen molar-refractivity contribution in [3.63, 3.8) is 0 Å². The van der Waals surface area contributed by atoms with Crippen LogP contribution in [0.1, 0.15) is 19.4 Å². The molecule has 0 bridgehead atoms. The van der Waals surface area contributed by atoms with Crippen LogP contribution in [0, 0.1) is 16.0 Å². The third-order valence-corrected chi connectivity index (χ3v) is 6.79. The molecule has 2 aliphatic heterocycles. The molecule has 1 saturated heterocycles. The highest BCUT2D eigenvalue weighted by molar-refractivity contribution is 8.22. The molecule has 0 aliphatic carbocycles. The van der Waals surface area contributed by atoms with Gasteiger partial charge in [0.25, 0.3) is 5.69 Å². The predicted octanol–water partition coefficient (Wildman–Crippen LogP) is 2.47. The van der Waals surface area contributed by atoms with Crippen molar-refractivity contribution in [2.75, 3.05) is 5.75 Å². The number of ether oxygens (including phenoxy) is 1. The fourth-order valence-corrected chi connectivity index (χ4v) is 5.72. The number of aliphatic hydroxyl groups excluding tert-OH is 1. The van der Waals surface area contributed by atoms with Crippen LogP contribution in [0.2, 0.25) is 0 Å². The van der Waals surface area contributed by atoms with Gasteiger partial charge in [-0.1, -0.05) is 18.7 Å². The molecular formula is C17H18N2O6S2. The SMILES string of the molecule is CCSC1=C(C(=O)OCc2ccc([N+](=O)[O-])cc2)N2C(=O)[C@H]([C@@H](C)O)C2S1. The third-order valence-electron chi connectivity index (χ3n) is 4.25. The minimum atomic E-state index is -0.783. The van der Waals surface area contributed by atoms with Crippen LogP contribution in [0.4, 0.5) is 5.69 Å². The zero-order valence-corrected chi connectivity index (χ0v) is 16.3. The molecule has 27 heavy (non-hydrogen) atoms. The van der Waals surface area contributed by atoms with Gasteiger partial charge in [-0.15, -0.1) is 11.8 Å². The van der Waals surface area contributed by atoms with Gasteiger partial charge in [0.05, 0.1) is 21.2 Å². The molecule has 1 aromatic carbocycles. The number of aliphatic hydroxyl groups is 1. The summed E-state index contributed by atoms with van der Waals surface area (Å²) in [5.41, 5.74) is 0.790. The predicted molar refractivity (Wildman–Crippen MR) is 101 cm³/mol. The minimum absolute atomic E-state index is 0.0419. The summed E-state index contributed by atoms with van der Waals surface area (Å²) < 4.78 is 6.05. The van der Waals surface area contributed by atoms with Gasteiger partial charge in [0, 0.05) is 12.1 Å². The van der Waals surface area contributed by atoms with E-state index in [4.69, 9.17) is 4.74 Å². The van der Waals surface area contributed by atoms with Crippen LogP contribution in [-0.4, -0.2) is 44.0 Å². The highest BCUT2D eigenvalue weighted by atomic mass is 32.2. The molecule has 1 N–H and O–H groups in total. The van der Waals surface area contributed by atoms with Gasteiger partial charge in [-0.25, -0.2) is 4.79 Å². The average molecular weight is 410 g/mol. The highest BCUT2D eigenvalue weighted by Gasteiger charge is 2.57. The molecule has 1 amide bonds. The lowest BCUT2D eigenvalue weighted by Crippen LogP contribution is -2.60. The summed E-state index contributed by atoms with van der Waals surface area (Å²) in [5.74, 6) is -0.689. The normalized spacial score (nSPS) is 22.3. The molecule has 3 atom stereocenters. The molecule has 0 saturated carbocycles. The zero-order chi connectivity index (χ0) is 19.7. The van der Waals surface area contributed by atoms with Gasteiger partial charge in [-0.05, 0) is 30.4 Å². The summed E-state index contributed by atoms with van der Waals surface area (Å²) in [6, 6.07) is 5.72. The van der Waals surface area contributed by atoms with E-state index in [0.717, 1.165) is 5.75 Å². The van der Waals surface area contributed by atoms with Crippen molar-refractivity contribution in [3.8, 4) is 0 Å². The smallest absolute Gasteiger partial charge is 0.357 e. The summed E-state index contributed by atoms with van der Waals surface area (Å²) in [6.07, 6.45) is -0.783. The number of thioether (sulfide) groups is 2. The molecule has 0 spiro atoms. The Bertz CT molecular complexity index is 808. The number of carbonyl (C=O) groups excluding carboxylic acids is 2. The fraction of sp³-hybridized carbons (Fsp3) is 0.412. The number of β-lactam (4-membered cyclic amide) rings is 1. The summed E-state index contributed by atoms with van der Waals surface area (Å²) in [5, 5.41) is 20.2. The number of amides is 1. The van der Waals surface area contributed by atoms with Crippen LogP contribution < -0.4 is 0 Å². The number of rotatable bonds is 7. The van der Waals surface area contributed by atoms with Gasteiger partial charge in [0.2, 0.25) is 5.91 Å². The quantitative estimate of drug-likeness (QED) is 0.316. The van der Waals surface area contributed by atoms with E-state index in [9.17, 15) is 24.8 Å². The Hall–Kier alpha value is -2.04. The van der Waals surface area contributed by atoms with E-state index in [1.165, 1.54) is 52.7 Å². The zero-order valence-electron chi connectivity index (χ0n) is 14.7. The fourth-order valence-electron chi connectivity index (χ4n) is 2.90. The molecule has 2 aliphatic rings. The second-order valence-electron chi connectivity index (χ2n) is 6.05. The first-order valence-electron chi connectivity index (χ1n) is 8.30. The van der Waals surface area contributed by atoms with Crippen LogP contribution in [-0.2, 0) is 20.9 Å². The Morgan fingerprint density at radius 2 is 2.11 bits per heavy atom. The van der Waals surface area contributed by atoms with Gasteiger partial charge >= 0.3 is 5.97 Å². The van der Waals surface area contributed by atoms with E-state index < -0.39 is 22.9 Å². The Morgan fingerprint density at radius 3 is 2.67 bits per heavy atom.